The Balaban J connectivity index is 1.10. The van der Waals surface area contributed by atoms with Crippen molar-refractivity contribution >= 4 is 60.5 Å². The van der Waals surface area contributed by atoms with Gasteiger partial charge in [-0.3, -0.25) is 0 Å². The zero-order valence-corrected chi connectivity index (χ0v) is 30.4. The second kappa shape index (κ2) is 11.6. The van der Waals surface area contributed by atoms with Crippen LogP contribution in [-0.4, -0.2) is 9.13 Å². The monoisotopic (exact) mass is 682 g/mol. The van der Waals surface area contributed by atoms with Gasteiger partial charge in [0.2, 0.25) is 0 Å². The molecule has 2 nitrogen and oxygen atoms in total. The molecule has 0 radical (unpaired) electrons. The van der Waals surface area contributed by atoms with Crippen molar-refractivity contribution in [3.63, 3.8) is 0 Å². The Hall–Kier alpha value is -5.86. The smallest absolute Gasteiger partial charge is 0.0547 e. The van der Waals surface area contributed by atoms with Gasteiger partial charge in [0.05, 0.1) is 22.1 Å². The van der Waals surface area contributed by atoms with Gasteiger partial charge in [0.1, 0.15) is 0 Å². The molecule has 3 aliphatic carbocycles. The molecule has 2 aromatic heterocycles. The molecule has 0 fully saturated rings. The van der Waals surface area contributed by atoms with Crippen LogP contribution in [-0.2, 0) is 5.41 Å². The molecule has 53 heavy (non-hydrogen) atoms. The van der Waals surface area contributed by atoms with Crippen LogP contribution in [0, 0.1) is 5.92 Å². The molecular formula is C51H42N2. The predicted molar refractivity (Wildman–Crippen MR) is 225 cm³/mol. The van der Waals surface area contributed by atoms with Crippen molar-refractivity contribution in [2.45, 2.75) is 50.9 Å². The summed E-state index contributed by atoms with van der Waals surface area (Å²) in [6, 6.07) is 52.1. The molecule has 0 bridgehead atoms. The van der Waals surface area contributed by atoms with E-state index < -0.39 is 0 Å². The molecule has 2 heterocycles. The molecule has 0 amide bonds. The van der Waals surface area contributed by atoms with Crippen LogP contribution in [0.3, 0.4) is 0 Å². The number of nitrogens with zero attached hydrogens (tertiary/aromatic N) is 2. The maximum absolute atomic E-state index is 2.63. The lowest BCUT2D eigenvalue weighted by Gasteiger charge is -2.34. The van der Waals surface area contributed by atoms with Crippen molar-refractivity contribution in [3.05, 3.63) is 180 Å². The number of para-hydroxylation sites is 3. The highest BCUT2D eigenvalue weighted by Gasteiger charge is 2.46. The van der Waals surface area contributed by atoms with Crippen LogP contribution in [0.15, 0.2) is 158 Å². The maximum Gasteiger partial charge on any atom is 0.0547 e. The maximum atomic E-state index is 2.63. The molecule has 8 aromatic rings. The van der Waals surface area contributed by atoms with Gasteiger partial charge in [-0.1, -0.05) is 129 Å². The first-order valence-electron chi connectivity index (χ1n) is 19.4. The lowest BCUT2D eigenvalue weighted by atomic mass is 9.71. The van der Waals surface area contributed by atoms with Gasteiger partial charge >= 0.3 is 0 Å². The van der Waals surface area contributed by atoms with Gasteiger partial charge in [-0.15, -0.1) is 0 Å². The van der Waals surface area contributed by atoms with Crippen LogP contribution in [0.25, 0.3) is 66.1 Å². The largest absolute Gasteiger partial charge is 0.313 e. The minimum Gasteiger partial charge on any atom is -0.313 e. The van der Waals surface area contributed by atoms with E-state index in [0.717, 1.165) is 19.3 Å². The van der Waals surface area contributed by atoms with E-state index in [1.165, 1.54) is 94.8 Å². The number of fused-ring (bicyclic) bond motifs is 9. The fraction of sp³-hybridized carbons (Fsp3) is 0.176. The number of rotatable bonds is 4. The Morgan fingerprint density at radius 1 is 0.604 bits per heavy atom. The fourth-order valence-corrected chi connectivity index (χ4v) is 10.6. The molecule has 0 N–H and O–H groups in total. The minimum atomic E-state index is 0.194. The van der Waals surface area contributed by atoms with Crippen molar-refractivity contribution in [3.8, 4) is 5.69 Å². The van der Waals surface area contributed by atoms with E-state index in [2.05, 4.69) is 181 Å². The van der Waals surface area contributed by atoms with Crippen LogP contribution in [0.2, 0.25) is 0 Å². The summed E-state index contributed by atoms with van der Waals surface area (Å²) >= 11 is 0. The summed E-state index contributed by atoms with van der Waals surface area (Å²) in [5.41, 5.74) is 16.4. The minimum absolute atomic E-state index is 0.194. The SMILES string of the molecule is CC1(C)c2ccccc2C2C=C(n3c4ccccc4c4cc(C5=C(c6cccc7c6c6ccccc6n7-c6ccccc6)C=CCC5)ccc43)CCC21. The number of hydrogen-bond acceptors (Lipinski definition) is 0. The third-order valence-electron chi connectivity index (χ3n) is 12.9. The molecule has 0 saturated heterocycles. The lowest BCUT2D eigenvalue weighted by Crippen LogP contribution is -2.27. The average molecular weight is 683 g/mol. The van der Waals surface area contributed by atoms with Crippen LogP contribution < -0.4 is 0 Å². The van der Waals surface area contributed by atoms with Crippen molar-refractivity contribution in [1.29, 1.82) is 0 Å². The summed E-state index contributed by atoms with van der Waals surface area (Å²) < 4.78 is 5.02. The van der Waals surface area contributed by atoms with Crippen LogP contribution in [0.1, 0.15) is 67.7 Å². The Morgan fingerprint density at radius 2 is 1.32 bits per heavy atom. The van der Waals surface area contributed by atoms with E-state index in [-0.39, 0.29) is 5.41 Å². The first kappa shape index (κ1) is 30.7. The summed E-state index contributed by atoms with van der Waals surface area (Å²) in [5.74, 6) is 1.09. The number of hydrogen-bond donors (Lipinski definition) is 0. The van der Waals surface area contributed by atoms with Crippen molar-refractivity contribution < 1.29 is 0 Å². The van der Waals surface area contributed by atoms with Gasteiger partial charge in [-0.25, -0.2) is 0 Å². The molecule has 256 valence electrons. The average Bonchev–Trinajstić information content (AvgIpc) is 3.81. The molecule has 11 rings (SSSR count). The van der Waals surface area contributed by atoms with Gasteiger partial charge < -0.3 is 9.13 Å². The Morgan fingerprint density at radius 3 is 2.19 bits per heavy atom. The number of benzene rings is 6. The van der Waals surface area contributed by atoms with Gasteiger partial charge in [-0.2, -0.15) is 0 Å². The first-order chi connectivity index (χ1) is 26.1. The van der Waals surface area contributed by atoms with Crippen molar-refractivity contribution in [1.82, 2.24) is 9.13 Å². The van der Waals surface area contributed by atoms with Gasteiger partial charge in [0.25, 0.3) is 0 Å². The van der Waals surface area contributed by atoms with Gasteiger partial charge in [0, 0.05) is 38.8 Å². The molecule has 2 heteroatoms. The molecule has 0 aliphatic heterocycles. The summed E-state index contributed by atoms with van der Waals surface area (Å²) in [5, 5.41) is 5.29. The molecule has 2 unspecified atom stereocenters. The Kier molecular flexibility index (Phi) is 6.71. The normalized spacial score (nSPS) is 19.3. The Labute approximate surface area is 311 Å². The molecule has 3 aliphatic rings. The number of allylic oxidation sites excluding steroid dienone is 6. The summed E-state index contributed by atoms with van der Waals surface area (Å²) in [6.07, 6.45) is 11.7. The third kappa shape index (κ3) is 4.45. The van der Waals surface area contributed by atoms with E-state index in [1.807, 2.05) is 0 Å². The highest BCUT2D eigenvalue weighted by atomic mass is 15.0. The Bertz CT molecular complexity index is 2870. The lowest BCUT2D eigenvalue weighted by molar-refractivity contribution is 0.302. The first-order valence-corrected chi connectivity index (χ1v) is 19.4. The predicted octanol–water partition coefficient (Wildman–Crippen LogP) is 13.5. The molecule has 2 atom stereocenters. The molecule has 6 aromatic carbocycles. The second-order valence-electron chi connectivity index (χ2n) is 15.9. The zero-order valence-electron chi connectivity index (χ0n) is 30.4. The van der Waals surface area contributed by atoms with E-state index in [0.29, 0.717) is 11.8 Å². The van der Waals surface area contributed by atoms with Crippen LogP contribution in [0.4, 0.5) is 0 Å². The highest BCUT2D eigenvalue weighted by molar-refractivity contribution is 6.17. The van der Waals surface area contributed by atoms with Crippen LogP contribution in [0.5, 0.6) is 0 Å². The molecule has 0 saturated carbocycles. The van der Waals surface area contributed by atoms with Crippen molar-refractivity contribution in [2.24, 2.45) is 5.92 Å². The van der Waals surface area contributed by atoms with E-state index in [9.17, 15) is 0 Å². The van der Waals surface area contributed by atoms with E-state index in [4.69, 9.17) is 0 Å². The zero-order chi connectivity index (χ0) is 35.3. The second-order valence-corrected chi connectivity index (χ2v) is 15.9. The standard InChI is InChI=1S/C51H42N2/c1-51(2)44-23-11-8-19-38(44)42-32-35(28-29-45(42)51)53-46-24-12-9-20-39(46)43-31-33(27-30-48(43)53)36-17-6-7-18-37(36)40-22-14-26-49-50(40)41-21-10-13-25-47(41)52(49)34-15-4-3-5-16-34/h3-5,7-16,18-27,30-32,42,45H,6,17,28-29H2,1-2H3. The topological polar surface area (TPSA) is 9.86 Å². The molecule has 0 spiro atoms. The van der Waals surface area contributed by atoms with Crippen molar-refractivity contribution in [2.75, 3.05) is 0 Å². The third-order valence-corrected chi connectivity index (χ3v) is 12.9. The van der Waals surface area contributed by atoms with Gasteiger partial charge in [-0.05, 0) is 113 Å². The summed E-state index contributed by atoms with van der Waals surface area (Å²) in [6.45, 7) is 4.92. The van der Waals surface area contributed by atoms with Gasteiger partial charge in [0.15, 0.2) is 0 Å². The quantitative estimate of drug-likeness (QED) is 0.175. The fourth-order valence-electron chi connectivity index (χ4n) is 10.6. The summed E-state index contributed by atoms with van der Waals surface area (Å²) in [7, 11) is 0. The summed E-state index contributed by atoms with van der Waals surface area (Å²) in [4.78, 5) is 0. The van der Waals surface area contributed by atoms with E-state index in [1.54, 1.807) is 0 Å². The highest BCUT2D eigenvalue weighted by Crippen LogP contribution is 2.56. The van der Waals surface area contributed by atoms with Crippen LogP contribution >= 0.6 is 0 Å². The molecular weight excluding hydrogens is 641 g/mol. The van der Waals surface area contributed by atoms with E-state index >= 15 is 0 Å². The number of aromatic nitrogens is 2.